The second-order valence-corrected chi connectivity index (χ2v) is 8.28. The van der Waals surface area contributed by atoms with E-state index < -0.39 is 0 Å². The fourth-order valence-electron chi connectivity index (χ4n) is 3.46. The van der Waals surface area contributed by atoms with E-state index in [1.165, 1.54) is 0 Å². The van der Waals surface area contributed by atoms with Gasteiger partial charge in [0, 0.05) is 29.7 Å². The van der Waals surface area contributed by atoms with Gasteiger partial charge in [0.2, 0.25) is 0 Å². The van der Waals surface area contributed by atoms with Crippen LogP contribution in [0.3, 0.4) is 0 Å². The quantitative estimate of drug-likeness (QED) is 0.520. The summed E-state index contributed by atoms with van der Waals surface area (Å²) in [5.41, 5.74) is 3.64. The molecule has 8 heteroatoms. The van der Waals surface area contributed by atoms with Crippen molar-refractivity contribution in [1.29, 1.82) is 0 Å². The predicted molar refractivity (Wildman–Crippen MR) is 132 cm³/mol. The Labute approximate surface area is 197 Å². The minimum absolute atomic E-state index is 0.115. The molecule has 3 aromatic rings. The van der Waals surface area contributed by atoms with Crippen molar-refractivity contribution in [1.82, 2.24) is 4.98 Å². The van der Waals surface area contributed by atoms with Gasteiger partial charge in [0.05, 0.1) is 26.0 Å². The van der Waals surface area contributed by atoms with Gasteiger partial charge in [0.25, 0.3) is 5.91 Å². The number of amides is 1. The van der Waals surface area contributed by atoms with Crippen molar-refractivity contribution in [2.45, 2.75) is 6.92 Å². The SMILES string of the molecule is C/C=C/c1ccc(OCC(=O)Nc2ccc(-c3csc(N4CCOCC4)n3)cc2)c(OC)c1. The number of thiazole rings is 1. The van der Waals surface area contributed by atoms with E-state index in [9.17, 15) is 4.79 Å². The summed E-state index contributed by atoms with van der Waals surface area (Å²) in [5.74, 6) is 0.865. The molecule has 0 atom stereocenters. The zero-order valence-electron chi connectivity index (χ0n) is 18.7. The summed E-state index contributed by atoms with van der Waals surface area (Å²) in [6, 6.07) is 13.2. The normalized spacial score (nSPS) is 13.8. The molecule has 0 spiro atoms. The summed E-state index contributed by atoms with van der Waals surface area (Å²) >= 11 is 1.64. The Hall–Kier alpha value is -3.36. The summed E-state index contributed by atoms with van der Waals surface area (Å²) in [6.07, 6.45) is 3.92. The Balaban J connectivity index is 1.33. The number of carbonyl (C=O) groups is 1. The molecule has 172 valence electrons. The first-order valence-electron chi connectivity index (χ1n) is 10.8. The number of carbonyl (C=O) groups excluding carboxylic acids is 1. The average molecular weight is 466 g/mol. The smallest absolute Gasteiger partial charge is 0.262 e. The Morgan fingerprint density at radius 2 is 1.97 bits per heavy atom. The van der Waals surface area contributed by atoms with Crippen LogP contribution in [0, 0.1) is 0 Å². The highest BCUT2D eigenvalue weighted by molar-refractivity contribution is 7.14. The number of rotatable bonds is 8. The van der Waals surface area contributed by atoms with Crippen LogP contribution < -0.4 is 19.7 Å². The molecule has 2 heterocycles. The molecule has 0 bridgehead atoms. The Morgan fingerprint density at radius 1 is 1.18 bits per heavy atom. The highest BCUT2D eigenvalue weighted by Gasteiger charge is 2.15. The highest BCUT2D eigenvalue weighted by atomic mass is 32.1. The van der Waals surface area contributed by atoms with E-state index in [0.29, 0.717) is 17.2 Å². The lowest BCUT2D eigenvalue weighted by Crippen LogP contribution is -2.36. The fraction of sp³-hybridized carbons (Fsp3) is 0.280. The molecule has 1 aliphatic rings. The number of nitrogens with zero attached hydrogens (tertiary/aromatic N) is 2. The number of morpholine rings is 1. The largest absolute Gasteiger partial charge is 0.493 e. The number of benzene rings is 2. The lowest BCUT2D eigenvalue weighted by atomic mass is 10.1. The first-order chi connectivity index (χ1) is 16.2. The summed E-state index contributed by atoms with van der Waals surface area (Å²) in [4.78, 5) is 19.4. The van der Waals surface area contributed by atoms with Crippen LogP contribution in [0.5, 0.6) is 11.5 Å². The van der Waals surface area contributed by atoms with Gasteiger partial charge in [-0.25, -0.2) is 4.98 Å². The number of hydrogen-bond acceptors (Lipinski definition) is 7. The van der Waals surface area contributed by atoms with E-state index in [1.807, 2.05) is 55.5 Å². The van der Waals surface area contributed by atoms with E-state index in [0.717, 1.165) is 48.3 Å². The van der Waals surface area contributed by atoms with Crippen LogP contribution in [0.1, 0.15) is 12.5 Å². The second kappa shape index (κ2) is 11.0. The summed E-state index contributed by atoms with van der Waals surface area (Å²) in [5, 5.41) is 5.93. The molecular weight excluding hydrogens is 438 g/mol. The molecule has 0 unspecified atom stereocenters. The van der Waals surface area contributed by atoms with Crippen molar-refractivity contribution in [3.05, 3.63) is 59.5 Å². The van der Waals surface area contributed by atoms with Crippen LogP contribution >= 0.6 is 11.3 Å². The molecule has 1 saturated heterocycles. The summed E-state index contributed by atoms with van der Waals surface area (Å²) < 4.78 is 16.4. The molecule has 1 N–H and O–H groups in total. The molecule has 2 aromatic carbocycles. The molecule has 0 aliphatic carbocycles. The number of allylic oxidation sites excluding steroid dienone is 1. The zero-order chi connectivity index (χ0) is 23.0. The lowest BCUT2D eigenvalue weighted by molar-refractivity contribution is -0.118. The number of nitrogens with one attached hydrogen (secondary N) is 1. The highest BCUT2D eigenvalue weighted by Crippen LogP contribution is 2.30. The predicted octanol–water partition coefficient (Wildman–Crippen LogP) is 4.71. The molecule has 4 rings (SSSR count). The number of ether oxygens (including phenoxy) is 3. The molecule has 1 fully saturated rings. The number of methoxy groups -OCH3 is 1. The van der Waals surface area contributed by atoms with Crippen LogP contribution in [-0.4, -0.2) is 50.9 Å². The molecular formula is C25H27N3O4S. The van der Waals surface area contributed by atoms with Crippen molar-refractivity contribution < 1.29 is 19.0 Å². The van der Waals surface area contributed by atoms with Crippen LogP contribution in [-0.2, 0) is 9.53 Å². The number of hydrogen-bond donors (Lipinski definition) is 1. The fourth-order valence-corrected chi connectivity index (χ4v) is 4.35. The monoisotopic (exact) mass is 465 g/mol. The van der Waals surface area contributed by atoms with Gasteiger partial charge >= 0.3 is 0 Å². The zero-order valence-corrected chi connectivity index (χ0v) is 19.6. The van der Waals surface area contributed by atoms with Crippen molar-refractivity contribution in [2.24, 2.45) is 0 Å². The summed E-state index contributed by atoms with van der Waals surface area (Å²) in [6.45, 7) is 5.05. The first-order valence-corrected chi connectivity index (χ1v) is 11.7. The van der Waals surface area contributed by atoms with Crippen LogP contribution in [0.15, 0.2) is 53.9 Å². The molecule has 7 nitrogen and oxygen atoms in total. The molecule has 33 heavy (non-hydrogen) atoms. The maximum Gasteiger partial charge on any atom is 0.262 e. The van der Waals surface area contributed by atoms with E-state index in [4.69, 9.17) is 19.2 Å². The van der Waals surface area contributed by atoms with Crippen LogP contribution in [0.4, 0.5) is 10.8 Å². The van der Waals surface area contributed by atoms with E-state index in [1.54, 1.807) is 24.5 Å². The maximum absolute atomic E-state index is 12.4. The van der Waals surface area contributed by atoms with Crippen molar-refractivity contribution >= 4 is 34.1 Å². The first kappa shape index (κ1) is 22.8. The Kier molecular flexibility index (Phi) is 7.59. The minimum Gasteiger partial charge on any atom is -0.493 e. The van der Waals surface area contributed by atoms with Gasteiger partial charge < -0.3 is 24.4 Å². The van der Waals surface area contributed by atoms with Crippen molar-refractivity contribution in [2.75, 3.05) is 50.2 Å². The van der Waals surface area contributed by atoms with E-state index >= 15 is 0 Å². The molecule has 0 saturated carbocycles. The van der Waals surface area contributed by atoms with Crippen molar-refractivity contribution in [3.8, 4) is 22.8 Å². The Bertz CT molecular complexity index is 1110. The number of anilines is 2. The molecule has 1 aliphatic heterocycles. The molecule has 0 radical (unpaired) electrons. The van der Waals surface area contributed by atoms with E-state index in [2.05, 4.69) is 15.6 Å². The Morgan fingerprint density at radius 3 is 2.70 bits per heavy atom. The molecule has 1 amide bonds. The van der Waals surface area contributed by atoms with Gasteiger partial charge in [0.1, 0.15) is 0 Å². The molecule has 1 aromatic heterocycles. The van der Waals surface area contributed by atoms with Gasteiger partial charge in [-0.05, 0) is 36.8 Å². The third-order valence-electron chi connectivity index (χ3n) is 5.14. The van der Waals surface area contributed by atoms with Gasteiger partial charge in [-0.3, -0.25) is 4.79 Å². The number of aromatic nitrogens is 1. The van der Waals surface area contributed by atoms with Crippen LogP contribution in [0.2, 0.25) is 0 Å². The standard InChI is InChI=1S/C25H27N3O4S/c1-3-4-18-5-10-22(23(15-18)30-2)32-16-24(29)26-20-8-6-19(7-9-20)21-17-33-25(27-21)28-11-13-31-14-12-28/h3-10,15,17H,11-14,16H2,1-2H3,(H,26,29)/b4-3+. The topological polar surface area (TPSA) is 72.9 Å². The average Bonchev–Trinajstić information content (AvgIpc) is 3.35. The summed E-state index contributed by atoms with van der Waals surface area (Å²) in [7, 11) is 1.58. The van der Waals surface area contributed by atoms with Crippen molar-refractivity contribution in [3.63, 3.8) is 0 Å². The van der Waals surface area contributed by atoms with E-state index in [-0.39, 0.29) is 12.5 Å². The third-order valence-corrected chi connectivity index (χ3v) is 6.05. The van der Waals surface area contributed by atoms with Crippen LogP contribution in [0.25, 0.3) is 17.3 Å². The van der Waals surface area contributed by atoms with Gasteiger partial charge in [0.15, 0.2) is 23.2 Å². The van der Waals surface area contributed by atoms with Gasteiger partial charge in [-0.15, -0.1) is 11.3 Å². The van der Waals surface area contributed by atoms with Gasteiger partial charge in [-0.2, -0.15) is 0 Å². The third kappa shape index (κ3) is 5.91. The maximum atomic E-state index is 12.4. The second-order valence-electron chi connectivity index (χ2n) is 7.44. The lowest BCUT2D eigenvalue weighted by Gasteiger charge is -2.26. The minimum atomic E-state index is -0.245. The van der Waals surface area contributed by atoms with Gasteiger partial charge in [-0.1, -0.05) is 30.4 Å².